The van der Waals surface area contributed by atoms with Crippen LogP contribution in [0.4, 0.5) is 0 Å². The molecular weight excluding hydrogens is 312 g/mol. The highest BCUT2D eigenvalue weighted by atomic mass is 16.7. The van der Waals surface area contributed by atoms with Gasteiger partial charge in [0.15, 0.2) is 0 Å². The lowest BCUT2D eigenvalue weighted by atomic mass is 9.78. The molecular formula is C22H38O3. The molecule has 0 amide bonds. The highest BCUT2D eigenvalue weighted by Gasteiger charge is 2.27. The molecule has 25 heavy (non-hydrogen) atoms. The van der Waals surface area contributed by atoms with Gasteiger partial charge in [0, 0.05) is 6.42 Å². The highest BCUT2D eigenvalue weighted by molar-refractivity contribution is 5.75. The van der Waals surface area contributed by atoms with Crippen LogP contribution >= 0.6 is 0 Å². The summed E-state index contributed by atoms with van der Waals surface area (Å²) in [6.45, 7) is 17.2. The van der Waals surface area contributed by atoms with E-state index in [1.54, 1.807) is 0 Å². The molecule has 3 heteroatoms. The fraction of sp³-hybridized carbons (Fsp3) is 0.773. The van der Waals surface area contributed by atoms with Gasteiger partial charge < -0.3 is 9.47 Å². The molecule has 0 aromatic carbocycles. The Morgan fingerprint density at radius 1 is 1.24 bits per heavy atom. The van der Waals surface area contributed by atoms with Crippen LogP contribution < -0.4 is 0 Å². The number of carbonyl (C=O) groups is 1. The molecule has 2 unspecified atom stereocenters. The molecule has 0 saturated heterocycles. The minimum atomic E-state index is -0.461. The predicted octanol–water partition coefficient (Wildman–Crippen LogP) is 6.05. The van der Waals surface area contributed by atoms with Crippen LogP contribution in [-0.2, 0) is 14.3 Å². The van der Waals surface area contributed by atoms with Gasteiger partial charge in [-0.25, -0.2) is 0 Å². The zero-order valence-electron chi connectivity index (χ0n) is 17.5. The molecule has 0 radical (unpaired) electrons. The van der Waals surface area contributed by atoms with Crippen molar-refractivity contribution < 1.29 is 14.3 Å². The Bertz CT molecular complexity index is 492. The second-order valence-corrected chi connectivity index (χ2v) is 9.25. The number of hydrogen-bond donors (Lipinski definition) is 0. The van der Waals surface area contributed by atoms with Crippen molar-refractivity contribution in [1.29, 1.82) is 0 Å². The average Bonchev–Trinajstić information content (AvgIpc) is 2.51. The van der Waals surface area contributed by atoms with Gasteiger partial charge in [0.2, 0.25) is 6.29 Å². The van der Waals surface area contributed by atoms with Crippen molar-refractivity contribution in [3.63, 3.8) is 0 Å². The van der Waals surface area contributed by atoms with E-state index in [9.17, 15) is 4.79 Å². The molecule has 1 rings (SSSR count). The van der Waals surface area contributed by atoms with Crippen LogP contribution in [0.3, 0.4) is 0 Å². The number of ether oxygens (including phenoxy) is 2. The summed E-state index contributed by atoms with van der Waals surface area (Å²) in [5, 5.41) is 0. The van der Waals surface area contributed by atoms with Gasteiger partial charge in [-0.1, -0.05) is 59.8 Å². The van der Waals surface area contributed by atoms with Gasteiger partial charge in [-0.3, -0.25) is 4.79 Å². The van der Waals surface area contributed by atoms with Crippen LogP contribution in [0.2, 0.25) is 0 Å². The Morgan fingerprint density at radius 2 is 1.88 bits per heavy atom. The molecule has 1 aliphatic rings. The monoisotopic (exact) mass is 350 g/mol. The van der Waals surface area contributed by atoms with Crippen LogP contribution in [0.5, 0.6) is 0 Å². The quantitative estimate of drug-likeness (QED) is 0.395. The Labute approximate surface area is 154 Å². The molecule has 0 heterocycles. The van der Waals surface area contributed by atoms with Crippen molar-refractivity contribution in [2.45, 2.75) is 93.5 Å². The summed E-state index contributed by atoms with van der Waals surface area (Å²) in [5.41, 5.74) is 1.65. The zero-order chi connectivity index (χ0) is 19.3. The van der Waals surface area contributed by atoms with Crippen molar-refractivity contribution in [1.82, 2.24) is 0 Å². The average molecular weight is 351 g/mol. The lowest BCUT2D eigenvalue weighted by Crippen LogP contribution is -2.29. The molecule has 0 N–H and O–H groups in total. The summed E-state index contributed by atoms with van der Waals surface area (Å²) in [6.07, 6.45) is 9.31. The van der Waals surface area contributed by atoms with Crippen molar-refractivity contribution in [2.24, 2.45) is 16.7 Å². The Balaban J connectivity index is 2.65. The summed E-state index contributed by atoms with van der Waals surface area (Å²) >= 11 is 0. The van der Waals surface area contributed by atoms with E-state index < -0.39 is 6.29 Å². The van der Waals surface area contributed by atoms with Crippen LogP contribution in [0, 0.1) is 16.7 Å². The maximum absolute atomic E-state index is 12.6. The van der Waals surface area contributed by atoms with Gasteiger partial charge in [-0.05, 0) is 49.5 Å². The van der Waals surface area contributed by atoms with E-state index in [4.69, 9.17) is 9.47 Å². The summed E-state index contributed by atoms with van der Waals surface area (Å²) < 4.78 is 11.5. The van der Waals surface area contributed by atoms with Gasteiger partial charge in [-0.15, -0.1) is 0 Å². The molecule has 0 bridgehead atoms. The van der Waals surface area contributed by atoms with E-state index in [-0.39, 0.29) is 28.8 Å². The third-order valence-electron chi connectivity index (χ3n) is 4.87. The molecule has 144 valence electrons. The first-order valence-corrected chi connectivity index (χ1v) is 9.69. The van der Waals surface area contributed by atoms with Crippen molar-refractivity contribution in [3.8, 4) is 0 Å². The predicted molar refractivity (Wildman–Crippen MR) is 104 cm³/mol. The fourth-order valence-corrected chi connectivity index (χ4v) is 2.73. The fourth-order valence-electron chi connectivity index (χ4n) is 2.73. The number of hydrogen-bond acceptors (Lipinski definition) is 3. The topological polar surface area (TPSA) is 35.5 Å². The number of allylic oxidation sites excluding steroid dienone is 3. The minimum Gasteiger partial charge on any atom is -0.435 e. The molecule has 2 atom stereocenters. The van der Waals surface area contributed by atoms with Gasteiger partial charge in [-0.2, -0.15) is 0 Å². The van der Waals surface area contributed by atoms with Gasteiger partial charge in [0.1, 0.15) is 0 Å². The van der Waals surface area contributed by atoms with Gasteiger partial charge >= 0.3 is 5.97 Å². The van der Waals surface area contributed by atoms with E-state index in [1.165, 1.54) is 5.57 Å². The van der Waals surface area contributed by atoms with Gasteiger partial charge in [0.05, 0.1) is 12.0 Å². The third-order valence-corrected chi connectivity index (χ3v) is 4.87. The molecule has 3 nitrogen and oxygen atoms in total. The lowest BCUT2D eigenvalue weighted by Gasteiger charge is -2.29. The maximum Gasteiger partial charge on any atom is 0.315 e. The summed E-state index contributed by atoms with van der Waals surface area (Å²) in [5.74, 6) is -0.385. The summed E-state index contributed by atoms with van der Waals surface area (Å²) in [4.78, 5) is 12.6. The van der Waals surface area contributed by atoms with Crippen molar-refractivity contribution in [3.05, 3.63) is 23.8 Å². The standard InChI is InChI=1S/C22H38O3/c1-9-22(7,8)18-12-10-17(11-13-18)20(23)25-19(24-16(2)3)14-15-21(4,5)6/h10,12-13,16-17,19H,9,11,14-15H2,1-8H3. The van der Waals surface area contributed by atoms with Crippen LogP contribution in [0.1, 0.15) is 81.1 Å². The van der Waals surface area contributed by atoms with E-state index in [2.05, 4.69) is 53.7 Å². The number of carbonyl (C=O) groups excluding carboxylic acids is 1. The summed E-state index contributed by atoms with van der Waals surface area (Å²) in [7, 11) is 0. The second-order valence-electron chi connectivity index (χ2n) is 9.25. The molecule has 0 spiro atoms. The second kappa shape index (κ2) is 9.02. The van der Waals surface area contributed by atoms with E-state index in [1.807, 2.05) is 19.9 Å². The normalized spacial score (nSPS) is 19.7. The van der Waals surface area contributed by atoms with Gasteiger partial charge in [0.25, 0.3) is 0 Å². The molecule has 0 aromatic rings. The maximum atomic E-state index is 12.6. The molecule has 0 aliphatic heterocycles. The Hall–Kier alpha value is -1.09. The zero-order valence-corrected chi connectivity index (χ0v) is 17.5. The molecule has 0 aromatic heterocycles. The molecule has 0 fully saturated rings. The van der Waals surface area contributed by atoms with Crippen molar-refractivity contribution >= 4 is 5.97 Å². The van der Waals surface area contributed by atoms with E-state index >= 15 is 0 Å². The van der Waals surface area contributed by atoms with E-state index in [0.29, 0.717) is 6.42 Å². The lowest BCUT2D eigenvalue weighted by molar-refractivity contribution is -0.192. The number of rotatable bonds is 8. The highest BCUT2D eigenvalue weighted by Crippen LogP contribution is 2.34. The van der Waals surface area contributed by atoms with Crippen molar-refractivity contribution in [2.75, 3.05) is 0 Å². The minimum absolute atomic E-state index is 0.0384. The number of esters is 1. The van der Waals surface area contributed by atoms with Crippen LogP contribution in [0.15, 0.2) is 23.8 Å². The first-order chi connectivity index (χ1) is 11.4. The van der Waals surface area contributed by atoms with Crippen LogP contribution in [-0.4, -0.2) is 18.4 Å². The third kappa shape index (κ3) is 7.77. The van der Waals surface area contributed by atoms with E-state index in [0.717, 1.165) is 19.3 Å². The first-order valence-electron chi connectivity index (χ1n) is 9.69. The molecule has 1 aliphatic carbocycles. The first kappa shape index (κ1) is 22.0. The Morgan fingerprint density at radius 3 is 2.32 bits per heavy atom. The largest absolute Gasteiger partial charge is 0.435 e. The molecule has 0 saturated carbocycles. The smallest absolute Gasteiger partial charge is 0.315 e. The summed E-state index contributed by atoms with van der Waals surface area (Å²) in [6, 6.07) is 0. The SMILES string of the molecule is CCC(C)(C)C1=CCC(C(=O)OC(CCC(C)(C)C)OC(C)C)C=C1. The Kier molecular flexibility index (Phi) is 7.92. The van der Waals surface area contributed by atoms with Crippen LogP contribution in [0.25, 0.3) is 0 Å².